The molecule has 0 radical (unpaired) electrons. The standard InChI is InChI=1S/C14H11NO6/c16-13(17)9-4-6-12(7-5-9)21-14(18)10-2-1-3-11(8-10)15(19)20/h1-8,15,19H,(H,16,17). The fourth-order valence-corrected chi connectivity index (χ4v) is 1.61. The Hall–Kier alpha value is -2.74. The Balaban J connectivity index is 2.14. The summed E-state index contributed by atoms with van der Waals surface area (Å²) in [5.74, 6) is -1.63. The molecule has 0 aliphatic rings. The molecule has 0 aliphatic heterocycles. The minimum Gasteiger partial charge on any atom is -0.595 e. The Morgan fingerprint density at radius 3 is 2.29 bits per heavy atom. The summed E-state index contributed by atoms with van der Waals surface area (Å²) >= 11 is 0. The largest absolute Gasteiger partial charge is 0.595 e. The third kappa shape index (κ3) is 3.63. The summed E-state index contributed by atoms with van der Waals surface area (Å²) in [5, 5.41) is 27.3. The first-order valence-corrected chi connectivity index (χ1v) is 5.86. The van der Waals surface area contributed by atoms with Crippen LogP contribution in [0.25, 0.3) is 0 Å². The molecule has 0 saturated heterocycles. The molecule has 21 heavy (non-hydrogen) atoms. The predicted octanol–water partition coefficient (Wildman–Crippen LogP) is 1.01. The molecule has 0 aromatic heterocycles. The molecular weight excluding hydrogens is 278 g/mol. The van der Waals surface area contributed by atoms with Crippen molar-refractivity contribution >= 4 is 17.6 Å². The summed E-state index contributed by atoms with van der Waals surface area (Å²) in [6.45, 7) is 0. The van der Waals surface area contributed by atoms with Crippen LogP contribution in [-0.2, 0) is 0 Å². The Morgan fingerprint density at radius 1 is 1.05 bits per heavy atom. The molecule has 1 unspecified atom stereocenters. The quantitative estimate of drug-likeness (QED) is 0.440. The van der Waals surface area contributed by atoms with Gasteiger partial charge < -0.3 is 15.1 Å². The maximum atomic E-state index is 11.9. The molecule has 0 bridgehead atoms. The van der Waals surface area contributed by atoms with Gasteiger partial charge in [0.1, 0.15) is 5.75 Å². The van der Waals surface area contributed by atoms with Crippen LogP contribution in [0.5, 0.6) is 5.75 Å². The highest BCUT2D eigenvalue weighted by molar-refractivity contribution is 5.92. The number of carbonyl (C=O) groups excluding carboxylic acids is 1. The van der Waals surface area contributed by atoms with Crippen molar-refractivity contribution in [2.45, 2.75) is 0 Å². The highest BCUT2D eigenvalue weighted by Crippen LogP contribution is 2.15. The van der Waals surface area contributed by atoms with Gasteiger partial charge in [0.05, 0.1) is 11.1 Å². The molecular formula is C14H11NO6. The molecule has 2 aromatic rings. The number of carboxylic acid groups (broad SMARTS) is 1. The first kappa shape index (κ1) is 14.7. The molecule has 2 rings (SSSR count). The van der Waals surface area contributed by atoms with E-state index in [-0.39, 0.29) is 22.6 Å². The van der Waals surface area contributed by atoms with Gasteiger partial charge in [-0.3, -0.25) is 0 Å². The van der Waals surface area contributed by atoms with Gasteiger partial charge in [0.15, 0.2) is 5.69 Å². The Labute approximate surface area is 119 Å². The second kappa shape index (κ2) is 6.14. The summed E-state index contributed by atoms with van der Waals surface area (Å²) in [6.07, 6.45) is 0. The van der Waals surface area contributed by atoms with Crippen LogP contribution in [0, 0.1) is 5.21 Å². The van der Waals surface area contributed by atoms with Crippen molar-refractivity contribution in [3.63, 3.8) is 0 Å². The number of nitrogens with one attached hydrogen (secondary N) is 1. The van der Waals surface area contributed by atoms with E-state index in [0.29, 0.717) is 0 Å². The zero-order valence-corrected chi connectivity index (χ0v) is 10.6. The second-order valence-corrected chi connectivity index (χ2v) is 4.11. The average Bonchev–Trinajstić information content (AvgIpc) is 2.48. The van der Waals surface area contributed by atoms with Crippen LogP contribution >= 0.6 is 0 Å². The summed E-state index contributed by atoms with van der Waals surface area (Å²) in [4.78, 5) is 22.6. The lowest BCUT2D eigenvalue weighted by Crippen LogP contribution is -2.99. The lowest BCUT2D eigenvalue weighted by atomic mass is 10.2. The number of carboxylic acids is 1. The summed E-state index contributed by atoms with van der Waals surface area (Å²) in [6, 6.07) is 10.7. The van der Waals surface area contributed by atoms with Gasteiger partial charge >= 0.3 is 11.9 Å². The van der Waals surface area contributed by atoms with E-state index in [9.17, 15) is 14.8 Å². The summed E-state index contributed by atoms with van der Waals surface area (Å²) < 4.78 is 5.05. The van der Waals surface area contributed by atoms with Crippen LogP contribution in [0.15, 0.2) is 48.5 Å². The van der Waals surface area contributed by atoms with Gasteiger partial charge in [-0.1, -0.05) is 6.07 Å². The number of carbonyl (C=O) groups is 2. The van der Waals surface area contributed by atoms with Crippen molar-refractivity contribution < 1.29 is 29.9 Å². The minimum atomic E-state index is -1.14. The topological polar surface area (TPSA) is 111 Å². The Kier molecular flexibility index (Phi) is 4.29. The van der Waals surface area contributed by atoms with E-state index in [1.807, 2.05) is 0 Å². The molecule has 0 saturated carbocycles. The van der Waals surface area contributed by atoms with Crippen molar-refractivity contribution in [1.29, 1.82) is 0 Å². The fourth-order valence-electron chi connectivity index (χ4n) is 1.61. The Bertz CT molecular complexity index is 665. The summed E-state index contributed by atoms with van der Waals surface area (Å²) in [7, 11) is 0. The minimum absolute atomic E-state index is 0.0225. The number of benzene rings is 2. The van der Waals surface area contributed by atoms with Gasteiger partial charge in [-0.05, 0) is 30.3 Å². The van der Waals surface area contributed by atoms with E-state index in [0.717, 1.165) is 0 Å². The molecule has 7 nitrogen and oxygen atoms in total. The number of rotatable bonds is 4. The molecule has 108 valence electrons. The molecule has 0 fully saturated rings. The number of quaternary nitrogens is 1. The molecule has 0 heterocycles. The number of hydrogen-bond acceptors (Lipinski definition) is 5. The zero-order valence-electron chi connectivity index (χ0n) is 10.6. The highest BCUT2D eigenvalue weighted by Gasteiger charge is 2.12. The lowest BCUT2D eigenvalue weighted by Gasteiger charge is -2.12. The van der Waals surface area contributed by atoms with Crippen molar-refractivity contribution in [1.82, 2.24) is 0 Å². The Morgan fingerprint density at radius 2 is 1.71 bits per heavy atom. The van der Waals surface area contributed by atoms with Crippen LogP contribution in [0.3, 0.4) is 0 Å². The van der Waals surface area contributed by atoms with Crippen molar-refractivity contribution in [3.8, 4) is 5.75 Å². The van der Waals surface area contributed by atoms with E-state index in [1.165, 1.54) is 48.5 Å². The number of ether oxygens (including phenoxy) is 1. The van der Waals surface area contributed by atoms with E-state index in [2.05, 4.69) is 0 Å². The first-order valence-electron chi connectivity index (χ1n) is 5.86. The van der Waals surface area contributed by atoms with Crippen LogP contribution < -0.4 is 9.96 Å². The highest BCUT2D eigenvalue weighted by atomic mass is 16.8. The maximum Gasteiger partial charge on any atom is 0.343 e. The van der Waals surface area contributed by atoms with Gasteiger partial charge in [0, 0.05) is 12.1 Å². The molecule has 1 atom stereocenters. The van der Waals surface area contributed by atoms with E-state index in [1.54, 1.807) is 0 Å². The SMILES string of the molecule is O=C(O)c1ccc(OC(=O)c2cccc([NH+]([O-])O)c2)cc1. The molecule has 2 aromatic carbocycles. The molecule has 7 heteroatoms. The molecule has 0 amide bonds. The molecule has 0 aliphatic carbocycles. The zero-order chi connectivity index (χ0) is 15.4. The van der Waals surface area contributed by atoms with Crippen molar-refractivity contribution in [2.75, 3.05) is 0 Å². The van der Waals surface area contributed by atoms with Crippen molar-refractivity contribution in [2.24, 2.45) is 0 Å². The van der Waals surface area contributed by atoms with Crippen molar-refractivity contribution in [3.05, 3.63) is 64.9 Å². The van der Waals surface area contributed by atoms with Gasteiger partial charge in [0.25, 0.3) is 0 Å². The summed E-state index contributed by atoms with van der Waals surface area (Å²) in [5.41, 5.74) is 0.144. The molecule has 3 N–H and O–H groups in total. The van der Waals surface area contributed by atoms with Gasteiger partial charge in [-0.2, -0.15) is 5.23 Å². The third-order valence-corrected chi connectivity index (χ3v) is 2.66. The van der Waals surface area contributed by atoms with Crippen LogP contribution in [0.1, 0.15) is 20.7 Å². The van der Waals surface area contributed by atoms with Crippen LogP contribution in [0.2, 0.25) is 0 Å². The predicted molar refractivity (Wildman–Crippen MR) is 70.6 cm³/mol. The first-order chi connectivity index (χ1) is 9.97. The van der Waals surface area contributed by atoms with Gasteiger partial charge in [-0.15, -0.1) is 0 Å². The second-order valence-electron chi connectivity index (χ2n) is 4.11. The normalized spacial score (nSPS) is 11.7. The average molecular weight is 289 g/mol. The fraction of sp³-hybridized carbons (Fsp3) is 0. The van der Waals surface area contributed by atoms with Gasteiger partial charge in [-0.25, -0.2) is 14.8 Å². The van der Waals surface area contributed by atoms with Crippen LogP contribution in [-0.4, -0.2) is 22.3 Å². The number of hydrogen-bond donors (Lipinski definition) is 3. The number of aromatic carboxylic acids is 1. The maximum absolute atomic E-state index is 11.9. The van der Waals surface area contributed by atoms with Crippen LogP contribution in [0.4, 0.5) is 5.69 Å². The lowest BCUT2D eigenvalue weighted by molar-refractivity contribution is -0.991. The monoisotopic (exact) mass is 289 g/mol. The van der Waals surface area contributed by atoms with E-state index in [4.69, 9.17) is 15.1 Å². The van der Waals surface area contributed by atoms with E-state index >= 15 is 0 Å². The van der Waals surface area contributed by atoms with E-state index < -0.39 is 17.2 Å². The number of esters is 1. The smallest absolute Gasteiger partial charge is 0.343 e. The third-order valence-electron chi connectivity index (χ3n) is 2.66. The molecule has 0 spiro atoms. The van der Waals surface area contributed by atoms with Gasteiger partial charge in [0.2, 0.25) is 0 Å².